The van der Waals surface area contributed by atoms with Crippen LogP contribution in [0.15, 0.2) is 40.6 Å². The number of hydrogen-bond donors (Lipinski definition) is 1. The Morgan fingerprint density at radius 1 is 1.13 bits per heavy atom. The van der Waals surface area contributed by atoms with E-state index >= 15 is 0 Å². The number of carbonyl (C=O) groups is 1. The third-order valence-corrected chi connectivity index (χ3v) is 11.4. The van der Waals surface area contributed by atoms with Crippen molar-refractivity contribution in [2.24, 2.45) is 5.92 Å². The van der Waals surface area contributed by atoms with E-state index in [4.69, 9.17) is 51.1 Å². The minimum atomic E-state index is -4.15. The predicted octanol–water partition coefficient (Wildman–Crippen LogP) is 7.19. The number of carbonyl (C=O) groups excluding carboxylic acids is 1. The molecule has 0 radical (unpaired) electrons. The van der Waals surface area contributed by atoms with Gasteiger partial charge >= 0.3 is 0 Å². The fraction of sp³-hybridized carbons (Fsp3) is 0.269. The van der Waals surface area contributed by atoms with Crippen LogP contribution in [-0.2, 0) is 39.1 Å². The normalized spacial score (nSPS) is 18.8. The number of sulfonamides is 1. The van der Waals surface area contributed by atoms with Gasteiger partial charge in [0.15, 0.2) is 0 Å². The van der Waals surface area contributed by atoms with Crippen LogP contribution in [0.1, 0.15) is 34.7 Å². The van der Waals surface area contributed by atoms with Gasteiger partial charge in [-0.1, -0.05) is 52.5 Å². The zero-order chi connectivity index (χ0) is 27.6. The quantitative estimate of drug-likeness (QED) is 0.240. The van der Waals surface area contributed by atoms with Crippen molar-refractivity contribution in [1.82, 2.24) is 9.29 Å². The third kappa shape index (κ3) is 5.07. The zero-order valence-corrected chi connectivity index (χ0v) is 24.6. The second-order valence-electron chi connectivity index (χ2n) is 9.55. The van der Waals surface area contributed by atoms with Crippen LogP contribution in [0, 0.1) is 11.7 Å². The first-order valence-electron chi connectivity index (χ1n) is 11.9. The maximum Gasteiger partial charge on any atom is 0.273 e. The van der Waals surface area contributed by atoms with E-state index in [1.165, 1.54) is 18.2 Å². The number of amides is 1. The Morgan fingerprint density at radius 3 is 2.64 bits per heavy atom. The Morgan fingerprint density at radius 2 is 1.92 bits per heavy atom. The lowest BCUT2D eigenvalue weighted by Gasteiger charge is -2.18. The number of thiophene rings is 1. The van der Waals surface area contributed by atoms with E-state index in [1.807, 2.05) is 6.07 Å². The molecular weight excluding hydrogens is 629 g/mol. The molecule has 3 heterocycles. The highest BCUT2D eigenvalue weighted by molar-refractivity contribution is 7.92. The number of hydrogen-bond acceptors (Lipinski definition) is 5. The van der Waals surface area contributed by atoms with Crippen LogP contribution in [0.25, 0.3) is 10.9 Å². The van der Waals surface area contributed by atoms with Crippen molar-refractivity contribution in [1.29, 1.82) is 0 Å². The summed E-state index contributed by atoms with van der Waals surface area (Å²) in [7, 11) is -4.15. The summed E-state index contributed by atoms with van der Waals surface area (Å²) >= 11 is 25.2. The summed E-state index contributed by atoms with van der Waals surface area (Å²) in [6.07, 6.45) is 1.01. The lowest BCUT2D eigenvalue weighted by atomic mass is 10.0. The number of rotatable bonds is 6. The second-order valence-corrected chi connectivity index (χ2v) is 14.4. The van der Waals surface area contributed by atoms with Gasteiger partial charge in [-0.15, -0.1) is 11.3 Å². The maximum atomic E-state index is 15.0. The van der Waals surface area contributed by atoms with Crippen molar-refractivity contribution in [3.8, 4) is 0 Å². The number of halogens is 5. The molecule has 2 atom stereocenters. The van der Waals surface area contributed by atoms with Gasteiger partial charge in [-0.2, -0.15) is 0 Å². The first-order chi connectivity index (χ1) is 18.5. The van der Waals surface area contributed by atoms with E-state index in [0.29, 0.717) is 53.6 Å². The maximum absolute atomic E-state index is 15.0. The fourth-order valence-corrected chi connectivity index (χ4v) is 8.60. The Balaban J connectivity index is 1.37. The molecule has 1 saturated carbocycles. The molecule has 1 aliphatic carbocycles. The molecule has 1 amide bonds. The highest BCUT2D eigenvalue weighted by Gasteiger charge is 2.47. The Labute approximate surface area is 247 Å². The topological polar surface area (TPSA) is 77.4 Å². The van der Waals surface area contributed by atoms with Crippen molar-refractivity contribution in [2.75, 3.05) is 6.61 Å². The molecule has 2 aliphatic rings. The van der Waals surface area contributed by atoms with Crippen LogP contribution in [0.3, 0.4) is 0 Å². The molecule has 2 aromatic heterocycles. The molecule has 2 unspecified atom stereocenters. The zero-order valence-electron chi connectivity index (χ0n) is 19.9. The summed E-state index contributed by atoms with van der Waals surface area (Å²) < 4.78 is 50.4. The Kier molecular flexibility index (Phi) is 7.15. The number of nitrogens with zero attached hydrogens (tertiary/aromatic N) is 1. The molecule has 1 aliphatic heterocycles. The molecule has 39 heavy (non-hydrogen) atoms. The van der Waals surface area contributed by atoms with Crippen molar-refractivity contribution in [3.05, 3.63) is 84.0 Å². The molecule has 204 valence electrons. The summed E-state index contributed by atoms with van der Waals surface area (Å²) in [4.78, 5) is 13.0. The predicted molar refractivity (Wildman–Crippen MR) is 151 cm³/mol. The first kappa shape index (κ1) is 27.3. The van der Waals surface area contributed by atoms with Gasteiger partial charge in [-0.05, 0) is 53.8 Å². The van der Waals surface area contributed by atoms with E-state index in [1.54, 1.807) is 12.1 Å². The molecule has 4 aromatic rings. The molecule has 6 nitrogen and oxygen atoms in total. The van der Waals surface area contributed by atoms with Crippen LogP contribution >= 0.6 is 57.7 Å². The van der Waals surface area contributed by atoms with E-state index in [0.717, 1.165) is 33.7 Å². The molecule has 0 bridgehead atoms. The number of nitrogens with one attached hydrogen (secondary N) is 1. The number of fused-ring (bicyclic) bond motifs is 3. The van der Waals surface area contributed by atoms with Crippen LogP contribution < -0.4 is 4.72 Å². The molecule has 0 spiro atoms. The average molecular weight is 648 g/mol. The van der Waals surface area contributed by atoms with Gasteiger partial charge in [-0.25, -0.2) is 17.5 Å². The SMILES string of the molecule is O=C(NS(=O)(=O)c1cc(Cl)c(Cl)s1)C1CC1c1cc(F)cc2c3c(n(Cc4ccc(Cl)cc4Cl)c12)CCOC3. The highest BCUT2D eigenvalue weighted by atomic mass is 35.5. The van der Waals surface area contributed by atoms with Crippen molar-refractivity contribution in [2.45, 2.75) is 36.1 Å². The molecule has 6 rings (SSSR count). The average Bonchev–Trinajstić information content (AvgIpc) is 3.53. The van der Waals surface area contributed by atoms with Gasteiger partial charge in [0.2, 0.25) is 5.91 Å². The van der Waals surface area contributed by atoms with Gasteiger partial charge in [0.1, 0.15) is 14.4 Å². The number of benzene rings is 2. The third-order valence-electron chi connectivity index (χ3n) is 7.10. The second kappa shape index (κ2) is 10.2. The minimum Gasteiger partial charge on any atom is -0.376 e. The monoisotopic (exact) mass is 646 g/mol. The van der Waals surface area contributed by atoms with E-state index < -0.39 is 27.7 Å². The van der Waals surface area contributed by atoms with Gasteiger partial charge < -0.3 is 9.30 Å². The number of aromatic nitrogens is 1. The standard InChI is InChI=1S/C26H19Cl4FN2O4S2/c27-13-2-1-12(20(28)5-13)10-33-22-3-4-37-11-19(22)17-7-14(31)6-16(24(17)33)15-8-18(15)26(34)32-39(35,36)23-9-21(29)25(30)38-23/h1-2,5-7,9,15,18H,3-4,8,10-11H2,(H,32,34). The van der Waals surface area contributed by atoms with E-state index in [-0.39, 0.29) is 19.5 Å². The highest BCUT2D eigenvalue weighted by Crippen LogP contribution is 2.51. The van der Waals surface area contributed by atoms with Crippen LogP contribution in [0.5, 0.6) is 0 Å². The lowest BCUT2D eigenvalue weighted by Crippen LogP contribution is -2.31. The van der Waals surface area contributed by atoms with E-state index in [2.05, 4.69) is 9.29 Å². The van der Waals surface area contributed by atoms with E-state index in [9.17, 15) is 17.6 Å². The van der Waals surface area contributed by atoms with Crippen LogP contribution in [0.2, 0.25) is 19.4 Å². The van der Waals surface area contributed by atoms with Crippen molar-refractivity contribution < 1.29 is 22.3 Å². The van der Waals surface area contributed by atoms with Crippen molar-refractivity contribution in [3.63, 3.8) is 0 Å². The lowest BCUT2D eigenvalue weighted by molar-refractivity contribution is -0.120. The first-order valence-corrected chi connectivity index (χ1v) is 15.7. The fourth-order valence-electron chi connectivity index (χ4n) is 5.22. The Bertz CT molecular complexity index is 1750. The van der Waals surface area contributed by atoms with Gasteiger partial charge in [0.25, 0.3) is 10.0 Å². The van der Waals surface area contributed by atoms with Gasteiger partial charge in [0, 0.05) is 45.6 Å². The van der Waals surface area contributed by atoms with Gasteiger partial charge in [0.05, 0.1) is 23.8 Å². The Hall–Kier alpha value is -1.85. The van der Waals surface area contributed by atoms with Crippen LogP contribution in [0.4, 0.5) is 4.39 Å². The minimum absolute atomic E-state index is 0.0930. The van der Waals surface area contributed by atoms with Crippen molar-refractivity contribution >= 4 is 84.6 Å². The summed E-state index contributed by atoms with van der Waals surface area (Å²) in [5.41, 5.74) is 4.19. The smallest absolute Gasteiger partial charge is 0.273 e. The van der Waals surface area contributed by atoms with Crippen LogP contribution in [-0.4, -0.2) is 25.5 Å². The molecule has 2 aromatic carbocycles. The molecule has 13 heteroatoms. The molecule has 1 fully saturated rings. The number of ether oxygens (including phenoxy) is 1. The molecular formula is C26H19Cl4FN2O4S2. The summed E-state index contributed by atoms with van der Waals surface area (Å²) in [5, 5.41) is 1.84. The molecule has 1 N–H and O–H groups in total. The summed E-state index contributed by atoms with van der Waals surface area (Å²) in [6, 6.07) is 9.41. The summed E-state index contributed by atoms with van der Waals surface area (Å²) in [6.45, 7) is 1.28. The largest absolute Gasteiger partial charge is 0.376 e. The molecule has 0 saturated heterocycles. The summed E-state index contributed by atoms with van der Waals surface area (Å²) in [5.74, 6) is -2.11. The van der Waals surface area contributed by atoms with Gasteiger partial charge in [-0.3, -0.25) is 4.79 Å².